The van der Waals surface area contributed by atoms with E-state index in [0.717, 1.165) is 11.1 Å². The molecule has 8 nitrogen and oxygen atoms in total. The highest BCUT2D eigenvalue weighted by atomic mass is 35.5. The first-order valence-electron chi connectivity index (χ1n) is 8.98. The van der Waals surface area contributed by atoms with Crippen molar-refractivity contribution in [3.63, 3.8) is 0 Å². The third-order valence-corrected chi connectivity index (χ3v) is 4.84. The molecule has 9 heteroatoms. The van der Waals surface area contributed by atoms with Gasteiger partial charge in [0.1, 0.15) is 0 Å². The zero-order chi connectivity index (χ0) is 20.5. The number of tetrazole rings is 1. The summed E-state index contributed by atoms with van der Waals surface area (Å²) in [6, 6.07) is 20.5. The van der Waals surface area contributed by atoms with Crippen LogP contribution in [0, 0.1) is 0 Å². The number of aromatic nitrogens is 5. The molecule has 5 rings (SSSR count). The van der Waals surface area contributed by atoms with Crippen molar-refractivity contribution >= 4 is 34.2 Å². The minimum absolute atomic E-state index is 0.178. The number of fused-ring (bicyclic) bond motifs is 1. The van der Waals surface area contributed by atoms with E-state index in [1.807, 2.05) is 42.5 Å². The van der Waals surface area contributed by atoms with E-state index in [1.165, 1.54) is 0 Å². The standard InChI is InChI=1S/C21H13ClN6O2/c22-14-7-8-17(15(11-14)20-24-27-28-25-20)23-21(29)19-16-10-13(6-9-18(16)30-26-19)12-4-2-1-3-5-12/h1-11H,(H,23,29)(H,24,25,27,28). The number of carbonyl (C=O) groups is 1. The van der Waals surface area contributed by atoms with Gasteiger partial charge in [-0.3, -0.25) is 4.79 Å². The van der Waals surface area contributed by atoms with Crippen molar-refractivity contribution in [2.24, 2.45) is 0 Å². The van der Waals surface area contributed by atoms with Crippen LogP contribution in [0.25, 0.3) is 33.5 Å². The van der Waals surface area contributed by atoms with Crippen LogP contribution >= 0.6 is 11.6 Å². The lowest BCUT2D eigenvalue weighted by Crippen LogP contribution is -2.13. The summed E-state index contributed by atoms with van der Waals surface area (Å²) in [7, 11) is 0. The number of H-pyrrole nitrogens is 1. The van der Waals surface area contributed by atoms with Gasteiger partial charge in [0.15, 0.2) is 11.3 Å². The van der Waals surface area contributed by atoms with E-state index in [2.05, 4.69) is 31.1 Å². The van der Waals surface area contributed by atoms with Gasteiger partial charge in [0, 0.05) is 10.6 Å². The summed E-state index contributed by atoms with van der Waals surface area (Å²) in [5.74, 6) is -0.116. The first kappa shape index (κ1) is 18.0. The summed E-state index contributed by atoms with van der Waals surface area (Å²) in [4.78, 5) is 13.0. The molecule has 0 aliphatic heterocycles. The number of hydrogen-bond donors (Lipinski definition) is 2. The van der Waals surface area contributed by atoms with Crippen LogP contribution in [0.4, 0.5) is 5.69 Å². The highest BCUT2D eigenvalue weighted by Gasteiger charge is 2.19. The molecule has 0 fully saturated rings. The molecular weight excluding hydrogens is 404 g/mol. The monoisotopic (exact) mass is 416 g/mol. The summed E-state index contributed by atoms with van der Waals surface area (Å²) >= 11 is 6.10. The molecule has 5 aromatic rings. The number of benzene rings is 3. The van der Waals surface area contributed by atoms with Gasteiger partial charge in [-0.05, 0) is 46.7 Å². The zero-order valence-electron chi connectivity index (χ0n) is 15.3. The second kappa shape index (κ2) is 7.41. The van der Waals surface area contributed by atoms with Gasteiger partial charge < -0.3 is 9.84 Å². The Balaban J connectivity index is 1.52. The molecular formula is C21H13ClN6O2. The molecule has 3 aromatic carbocycles. The minimum atomic E-state index is -0.425. The fourth-order valence-electron chi connectivity index (χ4n) is 3.18. The Morgan fingerprint density at radius 1 is 1.00 bits per heavy atom. The molecule has 0 spiro atoms. The maximum Gasteiger partial charge on any atom is 0.278 e. The van der Waals surface area contributed by atoms with Crippen molar-refractivity contribution < 1.29 is 9.32 Å². The van der Waals surface area contributed by atoms with Crippen LogP contribution in [0.5, 0.6) is 0 Å². The number of halogens is 1. The van der Waals surface area contributed by atoms with E-state index in [9.17, 15) is 4.79 Å². The van der Waals surface area contributed by atoms with Crippen LogP contribution in [0.1, 0.15) is 10.5 Å². The normalized spacial score (nSPS) is 11.0. The van der Waals surface area contributed by atoms with E-state index in [0.29, 0.717) is 33.1 Å². The largest absolute Gasteiger partial charge is 0.355 e. The highest BCUT2D eigenvalue weighted by molar-refractivity contribution is 6.31. The lowest BCUT2D eigenvalue weighted by atomic mass is 10.0. The average Bonchev–Trinajstić information content (AvgIpc) is 3.45. The number of aromatic amines is 1. The van der Waals surface area contributed by atoms with E-state index in [4.69, 9.17) is 16.1 Å². The molecule has 0 radical (unpaired) electrons. The van der Waals surface area contributed by atoms with Gasteiger partial charge >= 0.3 is 0 Å². The van der Waals surface area contributed by atoms with Crippen LogP contribution in [0.2, 0.25) is 5.02 Å². The number of carbonyl (C=O) groups excluding carboxylic acids is 1. The number of nitrogens with one attached hydrogen (secondary N) is 2. The predicted octanol–water partition coefficient (Wildman–Crippen LogP) is 4.58. The molecule has 1 amide bonds. The van der Waals surface area contributed by atoms with Crippen molar-refractivity contribution in [3.8, 4) is 22.5 Å². The maximum absolute atomic E-state index is 13.0. The molecule has 2 N–H and O–H groups in total. The molecule has 0 saturated carbocycles. The molecule has 0 saturated heterocycles. The molecule has 2 aromatic heterocycles. The predicted molar refractivity (Wildman–Crippen MR) is 112 cm³/mol. The number of amides is 1. The van der Waals surface area contributed by atoms with Gasteiger partial charge in [0.05, 0.1) is 11.1 Å². The van der Waals surface area contributed by atoms with Gasteiger partial charge in [-0.1, -0.05) is 53.2 Å². The van der Waals surface area contributed by atoms with Crippen LogP contribution in [0.3, 0.4) is 0 Å². The van der Waals surface area contributed by atoms with Gasteiger partial charge in [0.2, 0.25) is 5.82 Å². The molecule has 0 aliphatic rings. The van der Waals surface area contributed by atoms with E-state index < -0.39 is 5.91 Å². The van der Waals surface area contributed by atoms with Gasteiger partial charge in [-0.25, -0.2) is 0 Å². The highest BCUT2D eigenvalue weighted by Crippen LogP contribution is 2.30. The average molecular weight is 417 g/mol. The summed E-state index contributed by atoms with van der Waals surface area (Å²) in [6.07, 6.45) is 0. The second-order valence-corrected chi connectivity index (χ2v) is 6.92. The first-order valence-corrected chi connectivity index (χ1v) is 9.36. The fraction of sp³-hybridized carbons (Fsp3) is 0. The van der Waals surface area contributed by atoms with Gasteiger partial charge in [-0.15, -0.1) is 10.2 Å². The number of nitrogens with zero attached hydrogens (tertiary/aromatic N) is 4. The lowest BCUT2D eigenvalue weighted by Gasteiger charge is -2.08. The smallest absolute Gasteiger partial charge is 0.278 e. The molecule has 0 bridgehead atoms. The Bertz CT molecular complexity index is 1350. The SMILES string of the molecule is O=C(Nc1ccc(Cl)cc1-c1nn[nH]n1)c1noc2ccc(-c3ccccc3)cc12. The first-order chi connectivity index (χ1) is 14.7. The molecule has 2 heterocycles. The summed E-state index contributed by atoms with van der Waals surface area (Å²) in [5, 5.41) is 21.8. The van der Waals surface area contributed by atoms with E-state index in [-0.39, 0.29) is 5.69 Å². The van der Waals surface area contributed by atoms with Crippen LogP contribution in [-0.4, -0.2) is 31.7 Å². The van der Waals surface area contributed by atoms with Crippen molar-refractivity contribution in [3.05, 3.63) is 77.4 Å². The summed E-state index contributed by atoms with van der Waals surface area (Å²) in [6.45, 7) is 0. The van der Waals surface area contributed by atoms with Crippen molar-refractivity contribution in [2.75, 3.05) is 5.32 Å². The summed E-state index contributed by atoms with van der Waals surface area (Å²) in [5.41, 5.74) is 3.69. The molecule has 0 atom stereocenters. The topological polar surface area (TPSA) is 110 Å². The quantitative estimate of drug-likeness (QED) is 0.443. The molecule has 0 aliphatic carbocycles. The Hall–Kier alpha value is -4.04. The third kappa shape index (κ3) is 3.29. The Kier molecular flexibility index (Phi) is 4.45. The molecule has 30 heavy (non-hydrogen) atoms. The maximum atomic E-state index is 13.0. The minimum Gasteiger partial charge on any atom is -0.355 e. The van der Waals surface area contributed by atoms with Crippen LogP contribution in [0.15, 0.2) is 71.3 Å². The zero-order valence-corrected chi connectivity index (χ0v) is 16.1. The second-order valence-electron chi connectivity index (χ2n) is 6.49. The van der Waals surface area contributed by atoms with E-state index in [1.54, 1.807) is 24.3 Å². The summed E-state index contributed by atoms with van der Waals surface area (Å²) < 4.78 is 5.35. The number of rotatable bonds is 4. The van der Waals surface area contributed by atoms with Gasteiger partial charge in [-0.2, -0.15) is 5.21 Å². The van der Waals surface area contributed by atoms with Crippen LogP contribution in [-0.2, 0) is 0 Å². The fourth-order valence-corrected chi connectivity index (χ4v) is 3.35. The Morgan fingerprint density at radius 2 is 1.87 bits per heavy atom. The number of hydrogen-bond acceptors (Lipinski definition) is 6. The van der Waals surface area contributed by atoms with Gasteiger partial charge in [0.25, 0.3) is 5.91 Å². The molecule has 0 unspecified atom stereocenters. The van der Waals surface area contributed by atoms with E-state index >= 15 is 0 Å². The Morgan fingerprint density at radius 3 is 2.67 bits per heavy atom. The Labute approximate surface area is 174 Å². The molecule has 146 valence electrons. The lowest BCUT2D eigenvalue weighted by molar-refractivity contribution is 0.102. The number of anilines is 1. The third-order valence-electron chi connectivity index (χ3n) is 4.61. The van der Waals surface area contributed by atoms with Crippen molar-refractivity contribution in [1.82, 2.24) is 25.8 Å². The van der Waals surface area contributed by atoms with Crippen LogP contribution < -0.4 is 5.32 Å². The van der Waals surface area contributed by atoms with Crippen molar-refractivity contribution in [2.45, 2.75) is 0 Å². The van der Waals surface area contributed by atoms with Crippen molar-refractivity contribution in [1.29, 1.82) is 0 Å².